The smallest absolute Gasteiger partial charge is 0.150 e. The van der Waals surface area contributed by atoms with Crippen molar-refractivity contribution in [3.8, 4) is 5.75 Å². The van der Waals surface area contributed by atoms with Gasteiger partial charge in [0.25, 0.3) is 0 Å². The van der Waals surface area contributed by atoms with Gasteiger partial charge in [0.15, 0.2) is 0 Å². The molecule has 2 aromatic rings. The summed E-state index contributed by atoms with van der Waals surface area (Å²) >= 11 is 8.01. The lowest BCUT2D eigenvalue weighted by atomic mass is 10.1. The molecule has 0 saturated carbocycles. The molecule has 0 aliphatic rings. The van der Waals surface area contributed by atoms with Gasteiger partial charge in [-0.2, -0.15) is 0 Å². The van der Waals surface area contributed by atoms with Crippen LogP contribution in [0, 0.1) is 11.6 Å². The Hall–Kier alpha value is -1.73. The van der Waals surface area contributed by atoms with Gasteiger partial charge in [0.2, 0.25) is 0 Å². The van der Waals surface area contributed by atoms with Crippen LogP contribution in [0.1, 0.15) is 5.56 Å². The van der Waals surface area contributed by atoms with E-state index in [0.717, 1.165) is 12.1 Å². The van der Waals surface area contributed by atoms with Crippen molar-refractivity contribution in [1.29, 1.82) is 0 Å². The van der Waals surface area contributed by atoms with Gasteiger partial charge in [-0.3, -0.25) is 0 Å². The van der Waals surface area contributed by atoms with Gasteiger partial charge in [0, 0.05) is 11.3 Å². The number of thiocarbonyl (C=S) groups is 1. The first kappa shape index (κ1) is 15.7. The zero-order chi connectivity index (χ0) is 15.6. The number of nitrogens with two attached hydrogens (primary N) is 1. The third-order valence-corrected chi connectivity index (χ3v) is 3.60. The molecule has 0 saturated heterocycles. The second kappa shape index (κ2) is 6.36. The summed E-state index contributed by atoms with van der Waals surface area (Å²) in [6.45, 7) is 0. The zero-order valence-electron chi connectivity index (χ0n) is 10.9. The van der Waals surface area contributed by atoms with Crippen LogP contribution in [0.15, 0.2) is 34.8 Å². The van der Waals surface area contributed by atoms with Gasteiger partial charge in [0.1, 0.15) is 28.1 Å². The van der Waals surface area contributed by atoms with E-state index in [1.165, 1.54) is 7.11 Å². The molecule has 0 unspecified atom stereocenters. The maximum atomic E-state index is 13.9. The number of methoxy groups -OCH3 is 1. The van der Waals surface area contributed by atoms with Crippen LogP contribution in [0.4, 0.5) is 20.2 Å². The van der Waals surface area contributed by atoms with Crippen LogP contribution < -0.4 is 15.8 Å². The molecule has 21 heavy (non-hydrogen) atoms. The van der Waals surface area contributed by atoms with Crippen molar-refractivity contribution in [2.45, 2.75) is 0 Å². The van der Waals surface area contributed by atoms with E-state index in [0.29, 0.717) is 15.9 Å². The van der Waals surface area contributed by atoms with Crippen LogP contribution in [-0.2, 0) is 0 Å². The molecule has 2 aromatic carbocycles. The normalized spacial score (nSPS) is 10.3. The topological polar surface area (TPSA) is 47.3 Å². The van der Waals surface area contributed by atoms with Gasteiger partial charge in [-0.15, -0.1) is 0 Å². The highest BCUT2D eigenvalue weighted by atomic mass is 79.9. The number of anilines is 2. The maximum absolute atomic E-state index is 13.9. The minimum atomic E-state index is -0.773. The van der Waals surface area contributed by atoms with Crippen LogP contribution in [0.3, 0.4) is 0 Å². The standard InChI is InChI=1S/C14H11BrF2N2OS/c1-20-12-3-2-8(6-9(12)15)19-13-10(16)4-7(14(18)21)5-11(13)17/h2-6,19H,1H3,(H2,18,21). The summed E-state index contributed by atoms with van der Waals surface area (Å²) in [6, 6.07) is 7.15. The van der Waals surface area contributed by atoms with E-state index in [2.05, 4.69) is 21.2 Å². The number of ether oxygens (including phenoxy) is 1. The molecule has 7 heteroatoms. The molecule has 3 N–H and O–H groups in total. The quantitative estimate of drug-likeness (QED) is 0.792. The van der Waals surface area contributed by atoms with Gasteiger partial charge in [0.05, 0.1) is 11.6 Å². The fourth-order valence-electron chi connectivity index (χ4n) is 1.72. The molecular formula is C14H11BrF2N2OS. The van der Waals surface area contributed by atoms with Gasteiger partial charge < -0.3 is 15.8 Å². The number of hydrogen-bond acceptors (Lipinski definition) is 3. The Kier molecular flexibility index (Phi) is 4.74. The lowest BCUT2D eigenvalue weighted by Crippen LogP contribution is -2.11. The summed E-state index contributed by atoms with van der Waals surface area (Å²) in [6.07, 6.45) is 0. The molecule has 0 atom stereocenters. The van der Waals surface area contributed by atoms with E-state index in [4.69, 9.17) is 22.7 Å². The molecular weight excluding hydrogens is 362 g/mol. The molecule has 0 heterocycles. The number of benzene rings is 2. The molecule has 110 valence electrons. The molecule has 0 bridgehead atoms. The third-order valence-electron chi connectivity index (χ3n) is 2.75. The van der Waals surface area contributed by atoms with Crippen LogP contribution in [0.2, 0.25) is 0 Å². The van der Waals surface area contributed by atoms with Crippen LogP contribution in [0.5, 0.6) is 5.75 Å². The predicted octanol–water partition coefficient (Wildman–Crippen LogP) is 4.11. The maximum Gasteiger partial charge on any atom is 0.150 e. The van der Waals surface area contributed by atoms with E-state index < -0.39 is 11.6 Å². The first-order chi connectivity index (χ1) is 9.92. The fraction of sp³-hybridized carbons (Fsp3) is 0.0714. The van der Waals surface area contributed by atoms with Crippen molar-refractivity contribution >= 4 is 44.5 Å². The second-order valence-corrected chi connectivity index (χ2v) is 5.45. The number of hydrogen-bond donors (Lipinski definition) is 2. The fourth-order valence-corrected chi connectivity index (χ4v) is 2.38. The molecule has 2 rings (SSSR count). The Labute approximate surface area is 134 Å². The highest BCUT2D eigenvalue weighted by Crippen LogP contribution is 2.31. The number of halogens is 3. The molecule has 0 aliphatic heterocycles. The predicted molar refractivity (Wildman–Crippen MR) is 86.2 cm³/mol. The van der Waals surface area contributed by atoms with E-state index in [9.17, 15) is 8.78 Å². The largest absolute Gasteiger partial charge is 0.496 e. The summed E-state index contributed by atoms with van der Waals surface area (Å²) in [7, 11) is 1.53. The Morgan fingerprint density at radius 2 is 1.86 bits per heavy atom. The van der Waals surface area contributed by atoms with Gasteiger partial charge in [-0.1, -0.05) is 12.2 Å². The van der Waals surface area contributed by atoms with E-state index in [-0.39, 0.29) is 16.2 Å². The van der Waals surface area contributed by atoms with Gasteiger partial charge in [-0.25, -0.2) is 8.78 Å². The lowest BCUT2D eigenvalue weighted by Gasteiger charge is -2.12. The lowest BCUT2D eigenvalue weighted by molar-refractivity contribution is 0.412. The summed E-state index contributed by atoms with van der Waals surface area (Å²) in [5.41, 5.74) is 5.74. The highest BCUT2D eigenvalue weighted by molar-refractivity contribution is 9.10. The van der Waals surface area contributed by atoms with E-state index >= 15 is 0 Å². The van der Waals surface area contributed by atoms with Crippen molar-refractivity contribution in [2.24, 2.45) is 5.73 Å². The van der Waals surface area contributed by atoms with E-state index in [1.807, 2.05) is 0 Å². The number of nitrogens with one attached hydrogen (secondary N) is 1. The van der Waals surface area contributed by atoms with E-state index in [1.54, 1.807) is 18.2 Å². The van der Waals surface area contributed by atoms with Crippen LogP contribution >= 0.6 is 28.1 Å². The molecule has 3 nitrogen and oxygen atoms in total. The zero-order valence-corrected chi connectivity index (χ0v) is 13.3. The Bertz CT molecular complexity index is 686. The van der Waals surface area contributed by atoms with Crippen molar-refractivity contribution < 1.29 is 13.5 Å². The average molecular weight is 373 g/mol. The average Bonchev–Trinajstić information content (AvgIpc) is 2.42. The molecule has 0 amide bonds. The van der Waals surface area contributed by atoms with Crippen molar-refractivity contribution in [3.63, 3.8) is 0 Å². The third kappa shape index (κ3) is 3.48. The minimum absolute atomic E-state index is 0.0634. The minimum Gasteiger partial charge on any atom is -0.496 e. The second-order valence-electron chi connectivity index (χ2n) is 4.15. The Morgan fingerprint density at radius 1 is 1.24 bits per heavy atom. The van der Waals surface area contributed by atoms with Crippen molar-refractivity contribution in [2.75, 3.05) is 12.4 Å². The SMILES string of the molecule is COc1ccc(Nc2c(F)cc(C(N)=S)cc2F)cc1Br. The first-order valence-electron chi connectivity index (χ1n) is 5.81. The first-order valence-corrected chi connectivity index (χ1v) is 7.02. The summed E-state index contributed by atoms with van der Waals surface area (Å²) in [5.74, 6) is -0.931. The molecule has 0 aliphatic carbocycles. The molecule has 0 spiro atoms. The Morgan fingerprint density at radius 3 is 2.33 bits per heavy atom. The summed E-state index contributed by atoms with van der Waals surface area (Å²) in [4.78, 5) is -0.0634. The van der Waals surface area contributed by atoms with Gasteiger partial charge in [-0.05, 0) is 46.3 Å². The number of rotatable bonds is 4. The molecule has 0 aromatic heterocycles. The van der Waals surface area contributed by atoms with Crippen molar-refractivity contribution in [3.05, 3.63) is 52.0 Å². The highest BCUT2D eigenvalue weighted by Gasteiger charge is 2.13. The molecule has 0 radical (unpaired) electrons. The summed E-state index contributed by atoms with van der Waals surface area (Å²) < 4.78 is 33.6. The van der Waals surface area contributed by atoms with Crippen LogP contribution in [-0.4, -0.2) is 12.1 Å². The van der Waals surface area contributed by atoms with Gasteiger partial charge >= 0.3 is 0 Å². The monoisotopic (exact) mass is 372 g/mol. The molecule has 0 fully saturated rings. The van der Waals surface area contributed by atoms with Crippen molar-refractivity contribution in [1.82, 2.24) is 0 Å². The summed E-state index contributed by atoms with van der Waals surface area (Å²) in [5, 5.41) is 2.68. The van der Waals surface area contributed by atoms with Crippen LogP contribution in [0.25, 0.3) is 0 Å². The Balaban J connectivity index is 2.35.